The summed E-state index contributed by atoms with van der Waals surface area (Å²) in [5.74, 6) is -0.104. The summed E-state index contributed by atoms with van der Waals surface area (Å²) in [6.45, 7) is 1.88. The summed E-state index contributed by atoms with van der Waals surface area (Å²) in [6.07, 6.45) is 4.83. The lowest BCUT2D eigenvalue weighted by molar-refractivity contribution is 0.0962. The number of hydrogen-bond acceptors (Lipinski definition) is 3. The Balaban J connectivity index is 2.68. The van der Waals surface area contributed by atoms with Gasteiger partial charge in [-0.05, 0) is 12.5 Å². The second-order valence-electron chi connectivity index (χ2n) is 2.99. The second kappa shape index (κ2) is 3.10. The van der Waals surface area contributed by atoms with E-state index >= 15 is 0 Å². The monoisotopic (exact) mass is 190 g/mol. The van der Waals surface area contributed by atoms with Crippen molar-refractivity contribution < 1.29 is 4.79 Å². The third kappa shape index (κ3) is 1.14. The predicted molar refractivity (Wildman–Crippen MR) is 51.1 cm³/mol. The van der Waals surface area contributed by atoms with Crippen molar-refractivity contribution in [2.45, 2.75) is 6.92 Å². The van der Waals surface area contributed by atoms with Crippen LogP contribution < -0.4 is 5.32 Å². The van der Waals surface area contributed by atoms with Crippen molar-refractivity contribution in [3.8, 4) is 0 Å². The molecule has 14 heavy (non-hydrogen) atoms. The van der Waals surface area contributed by atoms with Crippen LogP contribution in [0.5, 0.6) is 0 Å². The van der Waals surface area contributed by atoms with Crippen molar-refractivity contribution in [1.29, 1.82) is 0 Å². The Labute approximate surface area is 80.8 Å². The zero-order chi connectivity index (χ0) is 10.1. The summed E-state index contributed by atoms with van der Waals surface area (Å²) < 4.78 is 1.65. The van der Waals surface area contributed by atoms with Crippen molar-refractivity contribution >= 4 is 11.4 Å². The van der Waals surface area contributed by atoms with Gasteiger partial charge in [0, 0.05) is 13.2 Å². The Kier molecular flexibility index (Phi) is 1.92. The van der Waals surface area contributed by atoms with Crippen molar-refractivity contribution in [3.63, 3.8) is 0 Å². The lowest BCUT2D eigenvalue weighted by Crippen LogP contribution is -2.17. The average Bonchev–Trinajstić information content (AvgIpc) is 2.56. The van der Waals surface area contributed by atoms with E-state index in [0.717, 1.165) is 11.1 Å². The molecule has 0 saturated heterocycles. The maximum atomic E-state index is 11.4. The first kappa shape index (κ1) is 8.68. The zero-order valence-electron chi connectivity index (χ0n) is 7.98. The molecule has 0 spiro atoms. The minimum atomic E-state index is -0.104. The number of fused-ring (bicyclic) bond motifs is 1. The SMILES string of the molecule is CNC(=O)c1cn2ncncc2c1C. The summed E-state index contributed by atoms with van der Waals surface area (Å²) in [5, 5.41) is 6.59. The molecule has 0 aliphatic heterocycles. The molecule has 0 atom stereocenters. The second-order valence-corrected chi connectivity index (χ2v) is 2.99. The maximum absolute atomic E-state index is 11.4. The number of nitrogens with zero attached hydrogens (tertiary/aromatic N) is 3. The van der Waals surface area contributed by atoms with Crippen LogP contribution in [0.1, 0.15) is 15.9 Å². The molecule has 5 heteroatoms. The Morgan fingerprint density at radius 3 is 3.00 bits per heavy atom. The molecular weight excluding hydrogens is 180 g/mol. The van der Waals surface area contributed by atoms with E-state index in [1.807, 2.05) is 6.92 Å². The molecule has 72 valence electrons. The summed E-state index contributed by atoms with van der Waals surface area (Å²) in [4.78, 5) is 15.3. The maximum Gasteiger partial charge on any atom is 0.252 e. The van der Waals surface area contributed by atoms with Gasteiger partial charge < -0.3 is 5.32 Å². The summed E-state index contributed by atoms with van der Waals surface area (Å²) in [6, 6.07) is 0. The van der Waals surface area contributed by atoms with Crippen LogP contribution in [0.4, 0.5) is 0 Å². The quantitative estimate of drug-likeness (QED) is 0.708. The van der Waals surface area contributed by atoms with E-state index in [2.05, 4.69) is 15.4 Å². The zero-order valence-corrected chi connectivity index (χ0v) is 7.98. The van der Waals surface area contributed by atoms with Crippen molar-refractivity contribution in [1.82, 2.24) is 19.9 Å². The van der Waals surface area contributed by atoms with Gasteiger partial charge in [0.2, 0.25) is 0 Å². The Hall–Kier alpha value is -1.91. The number of carbonyl (C=O) groups is 1. The number of rotatable bonds is 1. The van der Waals surface area contributed by atoms with Crippen molar-refractivity contribution in [2.24, 2.45) is 0 Å². The summed E-state index contributed by atoms with van der Waals surface area (Å²) in [5.41, 5.74) is 2.38. The van der Waals surface area contributed by atoms with Gasteiger partial charge in [-0.15, -0.1) is 0 Å². The fraction of sp³-hybridized carbons (Fsp3) is 0.222. The van der Waals surface area contributed by atoms with Gasteiger partial charge in [0.15, 0.2) is 0 Å². The van der Waals surface area contributed by atoms with E-state index in [1.165, 1.54) is 6.33 Å². The molecule has 0 fully saturated rings. The highest BCUT2D eigenvalue weighted by atomic mass is 16.1. The van der Waals surface area contributed by atoms with Crippen LogP contribution in [0.15, 0.2) is 18.7 Å². The van der Waals surface area contributed by atoms with Crippen LogP contribution in [0.3, 0.4) is 0 Å². The van der Waals surface area contributed by atoms with Crippen LogP contribution in [0.2, 0.25) is 0 Å². The molecule has 0 unspecified atom stereocenters. The molecule has 0 aliphatic carbocycles. The molecular formula is C9H10N4O. The number of amides is 1. The van der Waals surface area contributed by atoms with Crippen molar-refractivity contribution in [2.75, 3.05) is 7.05 Å². The van der Waals surface area contributed by atoms with Gasteiger partial charge >= 0.3 is 0 Å². The predicted octanol–water partition coefficient (Wildman–Crippen LogP) is 0.397. The van der Waals surface area contributed by atoms with Gasteiger partial charge in [-0.2, -0.15) is 5.10 Å². The van der Waals surface area contributed by atoms with Gasteiger partial charge in [-0.1, -0.05) is 0 Å². The lowest BCUT2D eigenvalue weighted by Gasteiger charge is -1.95. The normalized spacial score (nSPS) is 10.4. The highest BCUT2D eigenvalue weighted by Gasteiger charge is 2.12. The van der Waals surface area contributed by atoms with E-state index in [0.29, 0.717) is 5.56 Å². The average molecular weight is 190 g/mol. The third-order valence-electron chi connectivity index (χ3n) is 2.20. The fourth-order valence-electron chi connectivity index (χ4n) is 1.40. The molecule has 1 N–H and O–H groups in total. The minimum absolute atomic E-state index is 0.104. The Morgan fingerprint density at radius 2 is 2.36 bits per heavy atom. The van der Waals surface area contributed by atoms with Crippen LogP contribution in [0, 0.1) is 6.92 Å². The van der Waals surface area contributed by atoms with E-state index in [9.17, 15) is 4.79 Å². The summed E-state index contributed by atoms with van der Waals surface area (Å²) in [7, 11) is 1.61. The van der Waals surface area contributed by atoms with E-state index in [4.69, 9.17) is 0 Å². The largest absolute Gasteiger partial charge is 0.355 e. The first-order chi connectivity index (χ1) is 6.74. The molecule has 5 nitrogen and oxygen atoms in total. The van der Waals surface area contributed by atoms with Crippen LogP contribution in [-0.2, 0) is 0 Å². The smallest absolute Gasteiger partial charge is 0.252 e. The number of aryl methyl sites for hydroxylation is 1. The fourth-order valence-corrected chi connectivity index (χ4v) is 1.40. The molecule has 0 radical (unpaired) electrons. The first-order valence-electron chi connectivity index (χ1n) is 4.24. The van der Waals surface area contributed by atoms with Crippen LogP contribution in [-0.4, -0.2) is 27.6 Å². The molecule has 2 aromatic rings. The minimum Gasteiger partial charge on any atom is -0.355 e. The highest BCUT2D eigenvalue weighted by molar-refractivity contribution is 5.97. The lowest BCUT2D eigenvalue weighted by atomic mass is 10.2. The molecule has 0 aliphatic rings. The Bertz CT molecular complexity index is 489. The number of nitrogens with one attached hydrogen (secondary N) is 1. The Morgan fingerprint density at radius 1 is 1.57 bits per heavy atom. The number of hydrogen-bond donors (Lipinski definition) is 1. The molecule has 1 amide bonds. The van der Waals surface area contributed by atoms with Gasteiger partial charge in [0.1, 0.15) is 6.33 Å². The molecule has 2 heterocycles. The van der Waals surface area contributed by atoms with Gasteiger partial charge in [0.05, 0.1) is 17.3 Å². The molecule has 2 rings (SSSR count). The van der Waals surface area contributed by atoms with Crippen molar-refractivity contribution in [3.05, 3.63) is 29.8 Å². The van der Waals surface area contributed by atoms with E-state index < -0.39 is 0 Å². The van der Waals surface area contributed by atoms with Gasteiger partial charge in [0.25, 0.3) is 5.91 Å². The number of carbonyl (C=O) groups excluding carboxylic acids is 1. The number of aromatic nitrogens is 3. The van der Waals surface area contributed by atoms with E-state index in [-0.39, 0.29) is 5.91 Å². The highest BCUT2D eigenvalue weighted by Crippen LogP contribution is 2.14. The van der Waals surface area contributed by atoms with Crippen LogP contribution >= 0.6 is 0 Å². The topological polar surface area (TPSA) is 59.3 Å². The van der Waals surface area contributed by atoms with E-state index in [1.54, 1.807) is 24.0 Å². The molecule has 0 saturated carbocycles. The molecule has 2 aromatic heterocycles. The molecule has 0 aromatic carbocycles. The van der Waals surface area contributed by atoms with Gasteiger partial charge in [-0.3, -0.25) is 4.79 Å². The molecule has 0 bridgehead atoms. The van der Waals surface area contributed by atoms with Gasteiger partial charge in [-0.25, -0.2) is 9.50 Å². The standard InChI is InChI=1S/C9H10N4O/c1-6-7(9(14)10-2)4-13-8(6)3-11-5-12-13/h3-5H,1-2H3,(H,10,14). The first-order valence-corrected chi connectivity index (χ1v) is 4.24. The summed E-state index contributed by atoms with van der Waals surface area (Å²) >= 11 is 0. The third-order valence-corrected chi connectivity index (χ3v) is 2.20. The van der Waals surface area contributed by atoms with Crippen LogP contribution in [0.25, 0.3) is 5.52 Å².